The summed E-state index contributed by atoms with van der Waals surface area (Å²) in [6.07, 6.45) is 7.30. The zero-order chi connectivity index (χ0) is 13.9. The van der Waals surface area contributed by atoms with E-state index in [4.69, 9.17) is 5.73 Å². The summed E-state index contributed by atoms with van der Waals surface area (Å²) < 4.78 is 23.3. The predicted octanol–water partition coefficient (Wildman–Crippen LogP) is 1.55. The lowest BCUT2D eigenvalue weighted by molar-refractivity contribution is 0.303. The van der Waals surface area contributed by atoms with E-state index in [1.54, 1.807) is 6.20 Å². The molecule has 1 aliphatic rings. The van der Waals surface area contributed by atoms with E-state index < -0.39 is 9.84 Å². The van der Waals surface area contributed by atoms with E-state index in [9.17, 15) is 8.42 Å². The highest BCUT2D eigenvalue weighted by atomic mass is 32.2. The van der Waals surface area contributed by atoms with Gasteiger partial charge in [-0.05, 0) is 37.3 Å². The first-order valence-corrected chi connectivity index (χ1v) is 8.76. The molecule has 0 saturated heterocycles. The minimum Gasteiger partial charge on any atom is -0.327 e. The Kier molecular flexibility index (Phi) is 4.58. The lowest BCUT2D eigenvalue weighted by atomic mass is 9.82. The maximum absolute atomic E-state index is 11.7. The van der Waals surface area contributed by atoms with Crippen molar-refractivity contribution in [3.05, 3.63) is 30.1 Å². The summed E-state index contributed by atoms with van der Waals surface area (Å²) in [5, 5.41) is -0.207. The van der Waals surface area contributed by atoms with Crippen LogP contribution in [0.2, 0.25) is 0 Å². The molecule has 2 N–H and O–H groups in total. The average molecular weight is 282 g/mol. The standard InChI is InChI=1S/C14H22N2O2S/c1-19(17,18)13-7-4-5-11(9-13)14(15)10-12-6-2-3-8-16-12/h2-3,6,8,11,13-14H,4-5,7,9-10,15H2,1H3. The maximum Gasteiger partial charge on any atom is 0.150 e. The summed E-state index contributed by atoms with van der Waals surface area (Å²) in [7, 11) is -2.94. The fourth-order valence-electron chi connectivity index (χ4n) is 2.89. The Hall–Kier alpha value is -0.940. The van der Waals surface area contributed by atoms with Crippen LogP contribution in [0.5, 0.6) is 0 Å². The van der Waals surface area contributed by atoms with Crippen LogP contribution in [0.1, 0.15) is 31.4 Å². The molecule has 1 aromatic heterocycles. The monoisotopic (exact) mass is 282 g/mol. The van der Waals surface area contributed by atoms with Crippen molar-refractivity contribution in [2.75, 3.05) is 6.26 Å². The molecule has 1 aromatic rings. The van der Waals surface area contributed by atoms with E-state index in [2.05, 4.69) is 4.98 Å². The summed E-state index contributed by atoms with van der Waals surface area (Å²) in [5.74, 6) is 0.287. The normalized spacial score (nSPS) is 26.0. The molecule has 4 nitrogen and oxygen atoms in total. The van der Waals surface area contributed by atoms with Crippen molar-refractivity contribution in [2.24, 2.45) is 11.7 Å². The molecular weight excluding hydrogens is 260 g/mol. The second-order valence-corrected chi connectivity index (χ2v) is 7.89. The van der Waals surface area contributed by atoms with Gasteiger partial charge in [-0.1, -0.05) is 12.5 Å². The summed E-state index contributed by atoms with van der Waals surface area (Å²) >= 11 is 0. The summed E-state index contributed by atoms with van der Waals surface area (Å²) in [4.78, 5) is 4.28. The van der Waals surface area contributed by atoms with Crippen molar-refractivity contribution in [1.82, 2.24) is 4.98 Å². The molecule has 5 heteroatoms. The zero-order valence-corrected chi connectivity index (χ0v) is 12.1. The Morgan fingerprint density at radius 3 is 2.84 bits per heavy atom. The van der Waals surface area contributed by atoms with Crippen LogP contribution in [0.3, 0.4) is 0 Å². The van der Waals surface area contributed by atoms with E-state index in [0.29, 0.717) is 6.42 Å². The summed E-state index contributed by atoms with van der Waals surface area (Å²) in [6, 6.07) is 5.81. The topological polar surface area (TPSA) is 73.0 Å². The Morgan fingerprint density at radius 2 is 2.21 bits per heavy atom. The van der Waals surface area contributed by atoms with Gasteiger partial charge in [0.15, 0.2) is 0 Å². The van der Waals surface area contributed by atoms with Gasteiger partial charge in [0.05, 0.1) is 5.25 Å². The number of nitrogens with two attached hydrogens (primary N) is 1. The molecule has 1 aliphatic carbocycles. The van der Waals surface area contributed by atoms with Crippen LogP contribution in [0.25, 0.3) is 0 Å². The fraction of sp³-hybridized carbons (Fsp3) is 0.643. The second kappa shape index (κ2) is 6.01. The summed E-state index contributed by atoms with van der Waals surface area (Å²) in [5.41, 5.74) is 7.23. The Balaban J connectivity index is 1.98. The van der Waals surface area contributed by atoms with Gasteiger partial charge in [0, 0.05) is 30.6 Å². The highest BCUT2D eigenvalue weighted by Crippen LogP contribution is 2.30. The Morgan fingerprint density at radius 1 is 1.42 bits per heavy atom. The number of nitrogens with zero attached hydrogens (tertiary/aromatic N) is 1. The maximum atomic E-state index is 11.7. The van der Waals surface area contributed by atoms with Crippen LogP contribution < -0.4 is 5.73 Å². The van der Waals surface area contributed by atoms with Gasteiger partial charge in [0.25, 0.3) is 0 Å². The highest BCUT2D eigenvalue weighted by Gasteiger charge is 2.31. The van der Waals surface area contributed by atoms with Crippen molar-refractivity contribution in [2.45, 2.75) is 43.4 Å². The van der Waals surface area contributed by atoms with Crippen LogP contribution >= 0.6 is 0 Å². The van der Waals surface area contributed by atoms with E-state index in [0.717, 1.165) is 31.4 Å². The Labute approximate surface area is 115 Å². The largest absolute Gasteiger partial charge is 0.327 e. The van der Waals surface area contributed by atoms with Crippen molar-refractivity contribution < 1.29 is 8.42 Å². The molecule has 1 heterocycles. The number of aromatic nitrogens is 1. The number of sulfone groups is 1. The van der Waals surface area contributed by atoms with Gasteiger partial charge in [-0.2, -0.15) is 0 Å². The molecule has 1 saturated carbocycles. The van der Waals surface area contributed by atoms with Crippen LogP contribution in [0.4, 0.5) is 0 Å². The van der Waals surface area contributed by atoms with Crippen molar-refractivity contribution in [3.63, 3.8) is 0 Å². The van der Waals surface area contributed by atoms with Crippen molar-refractivity contribution in [1.29, 1.82) is 0 Å². The molecule has 0 spiro atoms. The molecule has 19 heavy (non-hydrogen) atoms. The molecule has 0 bridgehead atoms. The third-order valence-corrected chi connectivity index (χ3v) is 5.69. The molecule has 0 amide bonds. The van der Waals surface area contributed by atoms with Crippen LogP contribution in [0, 0.1) is 5.92 Å². The van der Waals surface area contributed by atoms with Gasteiger partial charge in [-0.3, -0.25) is 4.98 Å². The number of pyridine rings is 1. The minimum absolute atomic E-state index is 0.000509. The van der Waals surface area contributed by atoms with Gasteiger partial charge in [0.1, 0.15) is 9.84 Å². The van der Waals surface area contributed by atoms with Crippen LogP contribution in [0.15, 0.2) is 24.4 Å². The zero-order valence-electron chi connectivity index (χ0n) is 11.3. The van der Waals surface area contributed by atoms with E-state index in [1.807, 2.05) is 18.2 Å². The highest BCUT2D eigenvalue weighted by molar-refractivity contribution is 7.91. The molecule has 0 radical (unpaired) electrons. The molecular formula is C14H22N2O2S. The molecule has 106 valence electrons. The first kappa shape index (κ1) is 14.5. The summed E-state index contributed by atoms with van der Waals surface area (Å²) in [6.45, 7) is 0. The van der Waals surface area contributed by atoms with Gasteiger partial charge in [0.2, 0.25) is 0 Å². The van der Waals surface area contributed by atoms with Gasteiger partial charge >= 0.3 is 0 Å². The van der Waals surface area contributed by atoms with Gasteiger partial charge < -0.3 is 5.73 Å². The van der Waals surface area contributed by atoms with Gasteiger partial charge in [-0.25, -0.2) is 8.42 Å². The Bertz CT molecular complexity index is 501. The quantitative estimate of drug-likeness (QED) is 0.909. The predicted molar refractivity (Wildman–Crippen MR) is 76.5 cm³/mol. The first-order chi connectivity index (χ1) is 8.97. The molecule has 2 rings (SSSR count). The first-order valence-electron chi connectivity index (χ1n) is 6.81. The molecule has 3 atom stereocenters. The third-order valence-electron chi connectivity index (χ3n) is 4.05. The van der Waals surface area contributed by atoms with Crippen molar-refractivity contribution in [3.8, 4) is 0 Å². The van der Waals surface area contributed by atoms with E-state index >= 15 is 0 Å². The SMILES string of the molecule is CS(=O)(=O)C1CCCC(C(N)Cc2ccccn2)C1. The average Bonchev–Trinajstić information content (AvgIpc) is 2.39. The molecule has 0 aromatic carbocycles. The second-order valence-electron chi connectivity index (χ2n) is 5.57. The van der Waals surface area contributed by atoms with Crippen molar-refractivity contribution >= 4 is 9.84 Å². The number of rotatable bonds is 4. The molecule has 3 unspecified atom stereocenters. The van der Waals surface area contributed by atoms with Crippen LogP contribution in [-0.2, 0) is 16.3 Å². The lowest BCUT2D eigenvalue weighted by Crippen LogP contribution is -2.39. The van der Waals surface area contributed by atoms with E-state index in [1.165, 1.54) is 6.26 Å². The number of hydrogen-bond donors (Lipinski definition) is 1. The molecule has 0 aliphatic heterocycles. The fourth-order valence-corrected chi connectivity index (χ4v) is 4.08. The molecule has 1 fully saturated rings. The minimum atomic E-state index is -2.94. The third kappa shape index (κ3) is 4.01. The smallest absolute Gasteiger partial charge is 0.150 e. The van der Waals surface area contributed by atoms with Gasteiger partial charge in [-0.15, -0.1) is 0 Å². The number of hydrogen-bond acceptors (Lipinski definition) is 4. The lowest BCUT2D eigenvalue weighted by Gasteiger charge is -2.31. The van der Waals surface area contributed by atoms with Crippen LogP contribution in [-0.4, -0.2) is 30.9 Å². The van der Waals surface area contributed by atoms with E-state index in [-0.39, 0.29) is 17.2 Å².